The van der Waals surface area contributed by atoms with Gasteiger partial charge in [0.05, 0.1) is 19.7 Å². The Labute approximate surface area is 104 Å². The number of nitrogens with zero attached hydrogens (tertiary/aromatic N) is 8. The number of piperazine rings is 1. The number of hydrogen-bond donors (Lipinski definition) is 0. The van der Waals surface area contributed by atoms with Crippen LogP contribution in [0.2, 0.25) is 0 Å². The molecule has 16 nitrogen and oxygen atoms in total. The fourth-order valence-electron chi connectivity index (χ4n) is 4.43. The molecule has 6 saturated heterocycles. The maximum atomic E-state index is 11.2. The molecule has 0 bridgehead atoms. The third kappa shape index (κ3) is 0.346. The van der Waals surface area contributed by atoms with Gasteiger partial charge in [-0.3, -0.25) is 40.5 Å². The molecule has 0 aromatic heterocycles. The second-order valence-electron chi connectivity index (χ2n) is 4.85. The lowest BCUT2D eigenvalue weighted by Gasteiger charge is -2.97. The molecule has 6 aliphatic rings. The summed E-state index contributed by atoms with van der Waals surface area (Å²) < 4.78 is 0. The van der Waals surface area contributed by atoms with E-state index >= 15 is 0 Å². The van der Waals surface area contributed by atoms with Crippen molar-refractivity contribution in [2.45, 2.75) is 22.9 Å². The van der Waals surface area contributed by atoms with E-state index in [0.29, 0.717) is 20.3 Å². The van der Waals surface area contributed by atoms with Crippen LogP contribution in [0.3, 0.4) is 0 Å². The predicted molar refractivity (Wildman–Crippen MR) is 46.3 cm³/mol. The van der Waals surface area contributed by atoms with Gasteiger partial charge in [0.2, 0.25) is 0 Å². The molecule has 0 spiro atoms. The van der Waals surface area contributed by atoms with E-state index in [1.54, 1.807) is 0 Å². The number of hydrazine groups is 3. The Morgan fingerprint density at radius 1 is 0.600 bits per heavy atom. The second-order valence-corrected chi connectivity index (χ2v) is 4.85. The monoisotopic (exact) mass is 288 g/mol. The molecule has 104 valence electrons. The summed E-state index contributed by atoms with van der Waals surface area (Å²) in [7, 11) is 0. The van der Waals surface area contributed by atoms with E-state index in [2.05, 4.69) is 0 Å². The van der Waals surface area contributed by atoms with E-state index in [1.807, 2.05) is 0 Å². The Hall–Kier alpha value is -2.56. The van der Waals surface area contributed by atoms with E-state index in [-0.39, 0.29) is 0 Å². The molecule has 6 aliphatic heterocycles. The van der Waals surface area contributed by atoms with Gasteiger partial charge in [-0.05, 0) is 20.3 Å². The topological polar surface area (TPSA) is 186 Å². The minimum Gasteiger partial charge on any atom is -0.262 e. The van der Waals surface area contributed by atoms with E-state index < -0.39 is 42.6 Å². The summed E-state index contributed by atoms with van der Waals surface area (Å²) in [6.07, 6.45) is 0. The SMILES string of the molecule is O=[N+]([O-])C12N3N4N1C1([N+](=O)[O-])C4([N+](=O)[O-])N3C21[N+](=O)[O-]. The second kappa shape index (κ2) is 1.90. The molecule has 0 aromatic carbocycles. The number of rotatable bonds is 4. The Morgan fingerprint density at radius 2 is 0.900 bits per heavy atom. The summed E-state index contributed by atoms with van der Waals surface area (Å²) in [5, 5.41) is 47.0. The molecular formula is C4N8O8. The first kappa shape index (κ1) is 10.3. The van der Waals surface area contributed by atoms with Crippen molar-refractivity contribution in [3.63, 3.8) is 0 Å². The zero-order valence-electron chi connectivity index (χ0n) is 8.84. The zero-order chi connectivity index (χ0) is 14.6. The van der Waals surface area contributed by atoms with Crippen LogP contribution in [-0.4, -0.2) is 62.8 Å². The molecule has 6 heterocycles. The van der Waals surface area contributed by atoms with Gasteiger partial charge in [-0.2, -0.15) is 0 Å². The van der Waals surface area contributed by atoms with Gasteiger partial charge >= 0.3 is 22.9 Å². The first-order chi connectivity index (χ1) is 9.26. The largest absolute Gasteiger partial charge is 0.498 e. The van der Waals surface area contributed by atoms with Crippen molar-refractivity contribution in [3.05, 3.63) is 40.5 Å². The van der Waals surface area contributed by atoms with Gasteiger partial charge in [0, 0.05) is 0 Å². The highest BCUT2D eigenvalue weighted by molar-refractivity contribution is 5.51. The van der Waals surface area contributed by atoms with Crippen LogP contribution < -0.4 is 0 Å². The van der Waals surface area contributed by atoms with Gasteiger partial charge in [0.1, 0.15) is 0 Å². The molecule has 0 aliphatic carbocycles. The normalized spacial score (nSPS) is 53.6. The van der Waals surface area contributed by atoms with Crippen LogP contribution in [-0.2, 0) is 0 Å². The predicted octanol–water partition coefficient (Wildman–Crippen LogP) is -3.19. The zero-order valence-corrected chi connectivity index (χ0v) is 8.84. The molecule has 0 amide bonds. The van der Waals surface area contributed by atoms with Crippen molar-refractivity contribution in [3.8, 4) is 0 Å². The van der Waals surface area contributed by atoms with Crippen LogP contribution in [0.4, 0.5) is 0 Å². The summed E-state index contributed by atoms with van der Waals surface area (Å²) in [6, 6.07) is 0. The Bertz CT molecular complexity index is 663. The quantitative estimate of drug-likeness (QED) is 0.373. The molecular weight excluding hydrogens is 288 g/mol. The van der Waals surface area contributed by atoms with Crippen LogP contribution >= 0.6 is 0 Å². The van der Waals surface area contributed by atoms with Crippen molar-refractivity contribution in [2.75, 3.05) is 0 Å². The van der Waals surface area contributed by atoms with Crippen molar-refractivity contribution in [1.29, 1.82) is 0 Å². The van der Waals surface area contributed by atoms with Crippen LogP contribution in [0, 0.1) is 40.5 Å². The number of nitro groups is 4. The first-order valence-corrected chi connectivity index (χ1v) is 5.05. The van der Waals surface area contributed by atoms with Gasteiger partial charge in [-0.25, -0.2) is 0 Å². The highest BCUT2D eigenvalue weighted by atomic mass is 16.8. The van der Waals surface area contributed by atoms with Crippen molar-refractivity contribution in [2.24, 2.45) is 0 Å². The van der Waals surface area contributed by atoms with E-state index in [4.69, 9.17) is 0 Å². The molecule has 4 atom stereocenters. The summed E-state index contributed by atoms with van der Waals surface area (Å²) in [5.41, 5.74) is -5.45. The minimum absolute atomic E-state index is 0.492. The molecule has 0 saturated carbocycles. The summed E-state index contributed by atoms with van der Waals surface area (Å²) in [6.45, 7) is 0. The minimum atomic E-state index is -2.73. The van der Waals surface area contributed by atoms with Gasteiger partial charge in [0.15, 0.2) is 0 Å². The fraction of sp³-hybridized carbons (Fsp3) is 1.00. The molecule has 6 fully saturated rings. The molecule has 0 aromatic rings. The Kier molecular flexibility index (Phi) is 0.973. The van der Waals surface area contributed by atoms with Crippen molar-refractivity contribution < 1.29 is 19.7 Å². The van der Waals surface area contributed by atoms with Crippen LogP contribution in [0.25, 0.3) is 0 Å². The average Bonchev–Trinajstić information content (AvgIpc) is 2.35. The summed E-state index contributed by atoms with van der Waals surface area (Å²) in [4.78, 5) is 40.2. The maximum absolute atomic E-state index is 11.2. The number of hydrogen-bond acceptors (Lipinski definition) is 12. The smallest absolute Gasteiger partial charge is 0.262 e. The molecule has 6 rings (SSSR count). The van der Waals surface area contributed by atoms with Gasteiger partial charge in [-0.15, -0.1) is 0 Å². The lowest BCUT2D eigenvalue weighted by Crippen LogP contribution is -3.45. The van der Waals surface area contributed by atoms with Crippen molar-refractivity contribution >= 4 is 0 Å². The molecule has 4 unspecified atom stereocenters. The molecule has 20 heavy (non-hydrogen) atoms. The van der Waals surface area contributed by atoms with Gasteiger partial charge < -0.3 is 0 Å². The van der Waals surface area contributed by atoms with E-state index in [9.17, 15) is 40.5 Å². The maximum Gasteiger partial charge on any atom is 0.498 e. The first-order valence-electron chi connectivity index (χ1n) is 5.05. The summed E-state index contributed by atoms with van der Waals surface area (Å²) >= 11 is 0. The molecule has 0 N–H and O–H groups in total. The van der Waals surface area contributed by atoms with Crippen LogP contribution in [0.15, 0.2) is 0 Å². The fourth-order valence-corrected chi connectivity index (χ4v) is 4.43. The molecule has 16 heteroatoms. The van der Waals surface area contributed by atoms with Crippen LogP contribution in [0.5, 0.6) is 0 Å². The Balaban J connectivity index is 1.81. The molecule has 0 radical (unpaired) electrons. The third-order valence-corrected chi connectivity index (χ3v) is 4.78. The highest BCUT2D eigenvalue weighted by Gasteiger charge is 3.47. The lowest BCUT2D eigenvalue weighted by molar-refractivity contribution is -1.17. The average molecular weight is 288 g/mol. The highest BCUT2D eigenvalue weighted by Crippen LogP contribution is 2.95. The van der Waals surface area contributed by atoms with E-state index in [0.717, 1.165) is 0 Å². The van der Waals surface area contributed by atoms with Crippen molar-refractivity contribution in [1.82, 2.24) is 20.3 Å². The van der Waals surface area contributed by atoms with Crippen LogP contribution in [0.1, 0.15) is 0 Å². The Morgan fingerprint density at radius 3 is 1.10 bits per heavy atom. The van der Waals surface area contributed by atoms with Gasteiger partial charge in [0.25, 0.3) is 0 Å². The van der Waals surface area contributed by atoms with Gasteiger partial charge in [-0.1, -0.05) is 0 Å². The summed E-state index contributed by atoms with van der Waals surface area (Å²) in [5.74, 6) is -4.83. The third-order valence-electron chi connectivity index (χ3n) is 4.78. The lowest BCUT2D eigenvalue weighted by atomic mass is 9.49. The standard InChI is InChI=1S/C4N8O8/c13-9(14)1-2(10(15)16)4(12(19)20)5(1)7-3(1,11(17)18)6(2)8(4)7. The van der Waals surface area contributed by atoms with E-state index in [1.165, 1.54) is 0 Å².